The summed E-state index contributed by atoms with van der Waals surface area (Å²) in [6.07, 6.45) is 0. The minimum Gasteiger partial charge on any atom is -0.310 e. The lowest BCUT2D eigenvalue weighted by molar-refractivity contribution is 1.25. The van der Waals surface area contributed by atoms with E-state index in [1.807, 2.05) is 34.0 Å². The summed E-state index contributed by atoms with van der Waals surface area (Å²) >= 11 is 5.61. The standard InChI is InChI=1S/C72H46N2S3/c1-4-19-47(20-5-1)50-21-16-26-54(43-50)73(52-22-6-2-7-23-52)64-44-51(48-37-39-49(40-38-48)56-30-17-31-60-57-27-10-14-35-67(57)76-71(56)60)45-65(70(64)62-33-18-32-61-58-28-11-15-36-68(58)77-72(61)62)74(53-24-8-3-9-25-53)55-41-42-69-63(46-55)59-29-12-13-34-66(59)75-69/h1-46H. The molecule has 0 saturated carbocycles. The minimum absolute atomic E-state index is 1.06. The minimum atomic E-state index is 1.06. The second-order valence-electron chi connectivity index (χ2n) is 19.6. The average molecular weight is 1040 g/mol. The Morgan fingerprint density at radius 1 is 0.221 bits per heavy atom. The first kappa shape index (κ1) is 45.3. The molecular weight excluding hydrogens is 989 g/mol. The summed E-state index contributed by atoms with van der Waals surface area (Å²) in [4.78, 5) is 5.01. The van der Waals surface area contributed by atoms with E-state index in [9.17, 15) is 0 Å². The van der Waals surface area contributed by atoms with Crippen molar-refractivity contribution < 1.29 is 0 Å². The molecule has 0 saturated heterocycles. The van der Waals surface area contributed by atoms with Crippen LogP contribution in [0.15, 0.2) is 279 Å². The molecule has 5 heteroatoms. The van der Waals surface area contributed by atoms with E-state index in [1.54, 1.807) is 0 Å². The first-order valence-corrected chi connectivity index (χ1v) is 28.5. The number of benzene rings is 12. The lowest BCUT2D eigenvalue weighted by Gasteiger charge is -2.34. The van der Waals surface area contributed by atoms with Gasteiger partial charge < -0.3 is 9.80 Å². The zero-order chi connectivity index (χ0) is 50.8. The predicted molar refractivity (Wildman–Crippen MR) is 336 cm³/mol. The number of para-hydroxylation sites is 2. The second-order valence-corrected chi connectivity index (χ2v) is 22.8. The third kappa shape index (κ3) is 7.90. The molecule has 0 aliphatic heterocycles. The maximum Gasteiger partial charge on any atom is 0.0567 e. The molecule has 362 valence electrons. The number of hydrogen-bond donors (Lipinski definition) is 0. The first-order valence-electron chi connectivity index (χ1n) is 26.1. The molecule has 0 bridgehead atoms. The summed E-state index contributed by atoms with van der Waals surface area (Å²) in [6, 6.07) is 103. The Balaban J connectivity index is 1.05. The molecule has 3 heterocycles. The fourth-order valence-corrected chi connectivity index (χ4v) is 15.0. The molecule has 0 amide bonds. The molecule has 0 fully saturated rings. The van der Waals surface area contributed by atoms with E-state index in [-0.39, 0.29) is 0 Å². The van der Waals surface area contributed by atoms with Crippen LogP contribution in [0, 0.1) is 0 Å². The van der Waals surface area contributed by atoms with Crippen LogP contribution in [0.3, 0.4) is 0 Å². The molecule has 15 aromatic rings. The Morgan fingerprint density at radius 3 is 1.25 bits per heavy atom. The van der Waals surface area contributed by atoms with Gasteiger partial charge in [-0.2, -0.15) is 0 Å². The van der Waals surface area contributed by atoms with Gasteiger partial charge in [0.05, 0.1) is 11.4 Å². The summed E-state index contributed by atoms with van der Waals surface area (Å²) in [5.41, 5.74) is 15.8. The number of hydrogen-bond acceptors (Lipinski definition) is 5. The quantitative estimate of drug-likeness (QED) is 0.135. The summed E-state index contributed by atoms with van der Waals surface area (Å²) < 4.78 is 7.71. The van der Waals surface area contributed by atoms with Crippen molar-refractivity contribution in [3.05, 3.63) is 279 Å². The smallest absolute Gasteiger partial charge is 0.0567 e. The Kier molecular flexibility index (Phi) is 11.1. The molecule has 0 aliphatic carbocycles. The highest BCUT2D eigenvalue weighted by Crippen LogP contribution is 2.54. The topological polar surface area (TPSA) is 6.48 Å². The zero-order valence-electron chi connectivity index (χ0n) is 41.7. The number of nitrogens with zero attached hydrogens (tertiary/aromatic N) is 2. The first-order chi connectivity index (χ1) is 38.2. The number of fused-ring (bicyclic) bond motifs is 9. The fraction of sp³-hybridized carbons (Fsp3) is 0. The van der Waals surface area contributed by atoms with Gasteiger partial charge in [-0.05, 0) is 118 Å². The SMILES string of the molecule is c1ccc(-c2cccc(N(c3ccccc3)c3cc(-c4ccc(-c5cccc6c5sc5ccccc56)cc4)cc(N(c4ccccc4)c4ccc5sc6ccccc6c5c4)c3-c3cccc4c3sc3ccccc34)c2)cc1. The van der Waals surface area contributed by atoms with Crippen molar-refractivity contribution in [2.45, 2.75) is 0 Å². The number of rotatable bonds is 10. The van der Waals surface area contributed by atoms with Crippen LogP contribution < -0.4 is 9.80 Å². The fourth-order valence-electron chi connectivity index (χ4n) is 11.5. The van der Waals surface area contributed by atoms with Gasteiger partial charge in [0.15, 0.2) is 0 Å². The average Bonchev–Trinajstić information content (AvgIpc) is 4.33. The van der Waals surface area contributed by atoms with Gasteiger partial charge in [-0.15, -0.1) is 34.0 Å². The van der Waals surface area contributed by atoms with E-state index in [4.69, 9.17) is 0 Å². The van der Waals surface area contributed by atoms with Crippen molar-refractivity contribution in [3.8, 4) is 44.5 Å². The van der Waals surface area contributed by atoms with Crippen LogP contribution >= 0.6 is 34.0 Å². The van der Waals surface area contributed by atoms with Crippen LogP contribution in [0.1, 0.15) is 0 Å². The van der Waals surface area contributed by atoms with Crippen LogP contribution in [0.5, 0.6) is 0 Å². The maximum absolute atomic E-state index is 2.51. The maximum atomic E-state index is 2.51. The molecule has 0 radical (unpaired) electrons. The van der Waals surface area contributed by atoms with Gasteiger partial charge >= 0.3 is 0 Å². The zero-order valence-corrected chi connectivity index (χ0v) is 44.1. The van der Waals surface area contributed by atoms with Gasteiger partial charge in [-0.25, -0.2) is 0 Å². The Labute approximate surface area is 458 Å². The number of anilines is 6. The monoisotopic (exact) mass is 1030 g/mol. The van der Waals surface area contributed by atoms with Crippen molar-refractivity contribution in [2.75, 3.05) is 9.80 Å². The van der Waals surface area contributed by atoms with Crippen molar-refractivity contribution in [1.29, 1.82) is 0 Å². The van der Waals surface area contributed by atoms with Gasteiger partial charge in [0.25, 0.3) is 0 Å². The normalized spacial score (nSPS) is 11.6. The van der Waals surface area contributed by atoms with Crippen LogP contribution in [-0.2, 0) is 0 Å². The van der Waals surface area contributed by atoms with E-state index >= 15 is 0 Å². The third-order valence-corrected chi connectivity index (χ3v) is 18.6. The Bertz CT molecular complexity index is 4690. The van der Waals surface area contributed by atoms with Crippen LogP contribution in [0.2, 0.25) is 0 Å². The molecule has 0 N–H and O–H groups in total. The van der Waals surface area contributed by atoms with Gasteiger partial charge in [-0.1, -0.05) is 194 Å². The van der Waals surface area contributed by atoms with Crippen LogP contribution in [-0.4, -0.2) is 0 Å². The van der Waals surface area contributed by atoms with Crippen molar-refractivity contribution in [1.82, 2.24) is 0 Å². The van der Waals surface area contributed by atoms with Crippen LogP contribution in [0.4, 0.5) is 34.1 Å². The van der Waals surface area contributed by atoms with E-state index in [0.717, 1.165) is 56.4 Å². The third-order valence-electron chi connectivity index (χ3n) is 15.0. The molecule has 15 rings (SSSR count). The van der Waals surface area contributed by atoms with Gasteiger partial charge in [0, 0.05) is 94.4 Å². The number of thiophene rings is 3. The molecule has 2 nitrogen and oxygen atoms in total. The van der Waals surface area contributed by atoms with E-state index in [2.05, 4.69) is 289 Å². The predicted octanol–water partition coefficient (Wildman–Crippen LogP) is 22.4. The highest BCUT2D eigenvalue weighted by molar-refractivity contribution is 7.27. The van der Waals surface area contributed by atoms with E-state index < -0.39 is 0 Å². The molecule has 0 spiro atoms. The Morgan fingerprint density at radius 2 is 0.636 bits per heavy atom. The molecular formula is C72H46N2S3. The van der Waals surface area contributed by atoms with Crippen LogP contribution in [0.25, 0.3) is 105 Å². The molecule has 0 unspecified atom stereocenters. The van der Waals surface area contributed by atoms with Crippen molar-refractivity contribution in [2.24, 2.45) is 0 Å². The lowest BCUT2D eigenvalue weighted by Crippen LogP contribution is -2.16. The second kappa shape index (κ2) is 18.9. The summed E-state index contributed by atoms with van der Waals surface area (Å²) in [5, 5.41) is 7.66. The van der Waals surface area contributed by atoms with Crippen molar-refractivity contribution in [3.63, 3.8) is 0 Å². The van der Waals surface area contributed by atoms with E-state index in [1.165, 1.54) is 82.8 Å². The van der Waals surface area contributed by atoms with Gasteiger partial charge in [0.2, 0.25) is 0 Å². The van der Waals surface area contributed by atoms with E-state index in [0.29, 0.717) is 0 Å². The summed E-state index contributed by atoms with van der Waals surface area (Å²) in [7, 11) is 0. The highest BCUT2D eigenvalue weighted by atomic mass is 32.1. The Hall–Kier alpha value is -9.10. The molecule has 12 aromatic carbocycles. The molecule has 0 aliphatic rings. The molecule has 0 atom stereocenters. The molecule has 77 heavy (non-hydrogen) atoms. The molecule has 3 aromatic heterocycles. The largest absolute Gasteiger partial charge is 0.310 e. The summed E-state index contributed by atoms with van der Waals surface area (Å²) in [5.74, 6) is 0. The lowest BCUT2D eigenvalue weighted by atomic mass is 9.92. The van der Waals surface area contributed by atoms with Crippen molar-refractivity contribution >= 4 is 129 Å². The highest BCUT2D eigenvalue weighted by Gasteiger charge is 2.28. The van der Waals surface area contributed by atoms with Gasteiger partial charge in [0.1, 0.15) is 0 Å². The van der Waals surface area contributed by atoms with Gasteiger partial charge in [-0.3, -0.25) is 0 Å². The summed E-state index contributed by atoms with van der Waals surface area (Å²) in [6.45, 7) is 0.